The first-order chi connectivity index (χ1) is 6.75. The van der Waals surface area contributed by atoms with Gasteiger partial charge in [0.05, 0.1) is 0 Å². The second kappa shape index (κ2) is 4.63. The van der Waals surface area contributed by atoms with Crippen LogP contribution in [-0.2, 0) is 0 Å². The Kier molecular flexibility index (Phi) is 3.45. The molecule has 2 saturated heterocycles. The molecule has 14 heavy (non-hydrogen) atoms. The van der Waals surface area contributed by atoms with Crippen LogP contribution in [0.5, 0.6) is 0 Å². The van der Waals surface area contributed by atoms with Gasteiger partial charge in [-0.15, -0.1) is 0 Å². The minimum Gasteiger partial charge on any atom is -0.314 e. The molecule has 2 rings (SSSR count). The largest absolute Gasteiger partial charge is 0.314 e. The standard InChI is InChI=1S/C12H24N2/c1-10-8-11(5-7-14(10)2)9-12-4-3-6-13-12/h10-13H,3-9H2,1-2H3. The van der Waals surface area contributed by atoms with Crippen LogP contribution in [0.4, 0.5) is 0 Å². The minimum absolute atomic E-state index is 0.801. The highest BCUT2D eigenvalue weighted by Crippen LogP contribution is 2.27. The molecule has 3 atom stereocenters. The number of nitrogens with one attached hydrogen (secondary N) is 1. The molecule has 0 saturated carbocycles. The zero-order valence-corrected chi connectivity index (χ0v) is 9.63. The molecule has 3 unspecified atom stereocenters. The van der Waals surface area contributed by atoms with Gasteiger partial charge in [-0.1, -0.05) is 0 Å². The van der Waals surface area contributed by atoms with Gasteiger partial charge in [0.2, 0.25) is 0 Å². The second-order valence-corrected chi connectivity index (χ2v) is 5.25. The second-order valence-electron chi connectivity index (χ2n) is 5.25. The lowest BCUT2D eigenvalue weighted by Gasteiger charge is -2.36. The molecule has 0 aromatic heterocycles. The molecule has 2 aliphatic rings. The zero-order valence-electron chi connectivity index (χ0n) is 9.63. The molecule has 2 fully saturated rings. The predicted molar refractivity (Wildman–Crippen MR) is 60.5 cm³/mol. The maximum absolute atomic E-state index is 3.62. The molecule has 0 spiro atoms. The van der Waals surface area contributed by atoms with Gasteiger partial charge in [-0.05, 0) is 65.1 Å². The monoisotopic (exact) mass is 196 g/mol. The van der Waals surface area contributed by atoms with E-state index in [9.17, 15) is 0 Å². The predicted octanol–water partition coefficient (Wildman–Crippen LogP) is 1.86. The highest BCUT2D eigenvalue weighted by Gasteiger charge is 2.26. The third-order valence-corrected chi connectivity index (χ3v) is 4.10. The van der Waals surface area contributed by atoms with Crippen LogP contribution in [0.15, 0.2) is 0 Å². The van der Waals surface area contributed by atoms with Gasteiger partial charge in [-0.25, -0.2) is 0 Å². The minimum atomic E-state index is 0.801. The van der Waals surface area contributed by atoms with Crippen molar-refractivity contribution in [2.24, 2.45) is 5.92 Å². The van der Waals surface area contributed by atoms with Crippen LogP contribution in [-0.4, -0.2) is 37.1 Å². The molecule has 82 valence electrons. The van der Waals surface area contributed by atoms with Gasteiger partial charge in [0.15, 0.2) is 0 Å². The van der Waals surface area contributed by atoms with E-state index >= 15 is 0 Å². The van der Waals surface area contributed by atoms with E-state index in [2.05, 4.69) is 24.2 Å². The summed E-state index contributed by atoms with van der Waals surface area (Å²) in [5.41, 5.74) is 0. The molecule has 0 aliphatic carbocycles. The number of rotatable bonds is 2. The quantitative estimate of drug-likeness (QED) is 0.725. The van der Waals surface area contributed by atoms with E-state index in [0.29, 0.717) is 0 Å². The molecule has 0 amide bonds. The van der Waals surface area contributed by atoms with E-state index in [-0.39, 0.29) is 0 Å². The summed E-state index contributed by atoms with van der Waals surface area (Å²) >= 11 is 0. The first kappa shape index (κ1) is 10.4. The third kappa shape index (κ3) is 2.48. The van der Waals surface area contributed by atoms with Crippen molar-refractivity contribution in [3.05, 3.63) is 0 Å². The number of hydrogen-bond acceptors (Lipinski definition) is 2. The number of hydrogen-bond donors (Lipinski definition) is 1. The summed E-state index contributed by atoms with van der Waals surface area (Å²) in [4.78, 5) is 2.50. The maximum atomic E-state index is 3.62. The zero-order chi connectivity index (χ0) is 9.97. The summed E-state index contributed by atoms with van der Waals surface area (Å²) in [5.74, 6) is 0.983. The first-order valence-corrected chi connectivity index (χ1v) is 6.19. The first-order valence-electron chi connectivity index (χ1n) is 6.19. The van der Waals surface area contributed by atoms with Gasteiger partial charge in [-0.2, -0.15) is 0 Å². The molecule has 0 bridgehead atoms. The molecule has 1 N–H and O–H groups in total. The lowest BCUT2D eigenvalue weighted by atomic mass is 9.86. The van der Waals surface area contributed by atoms with E-state index in [0.717, 1.165) is 18.0 Å². The molecular formula is C12H24N2. The lowest BCUT2D eigenvalue weighted by molar-refractivity contribution is 0.143. The van der Waals surface area contributed by atoms with Crippen LogP contribution >= 0.6 is 0 Å². The summed E-state index contributed by atoms with van der Waals surface area (Å²) in [6, 6.07) is 1.64. The molecule has 0 radical (unpaired) electrons. The van der Waals surface area contributed by atoms with Crippen molar-refractivity contribution in [1.82, 2.24) is 10.2 Å². The molecule has 2 aliphatic heterocycles. The molecule has 2 heteroatoms. The van der Waals surface area contributed by atoms with E-state index in [1.54, 1.807) is 0 Å². The Hall–Kier alpha value is -0.0800. The van der Waals surface area contributed by atoms with E-state index in [1.165, 1.54) is 45.2 Å². The summed E-state index contributed by atoms with van der Waals surface area (Å²) in [6.07, 6.45) is 7.07. The summed E-state index contributed by atoms with van der Waals surface area (Å²) in [7, 11) is 2.26. The van der Waals surface area contributed by atoms with Crippen molar-refractivity contribution >= 4 is 0 Å². The van der Waals surface area contributed by atoms with Crippen molar-refractivity contribution in [3.8, 4) is 0 Å². The Morgan fingerprint density at radius 2 is 2.21 bits per heavy atom. The smallest absolute Gasteiger partial charge is 0.00701 e. The SMILES string of the molecule is CC1CC(CC2CCCN2)CCN1C. The van der Waals surface area contributed by atoms with Crippen LogP contribution in [0.25, 0.3) is 0 Å². The van der Waals surface area contributed by atoms with Gasteiger partial charge in [0, 0.05) is 12.1 Å². The topological polar surface area (TPSA) is 15.3 Å². The lowest BCUT2D eigenvalue weighted by Crippen LogP contribution is -2.39. The molecular weight excluding hydrogens is 172 g/mol. The number of piperidine rings is 1. The van der Waals surface area contributed by atoms with Crippen LogP contribution in [0, 0.1) is 5.92 Å². The Morgan fingerprint density at radius 1 is 1.36 bits per heavy atom. The van der Waals surface area contributed by atoms with E-state index in [1.807, 2.05) is 0 Å². The normalized spacial score (nSPS) is 40.3. The maximum Gasteiger partial charge on any atom is 0.00701 e. The fourth-order valence-corrected chi connectivity index (χ4v) is 2.96. The summed E-state index contributed by atoms with van der Waals surface area (Å²) in [5, 5.41) is 3.62. The van der Waals surface area contributed by atoms with Crippen LogP contribution in [0.2, 0.25) is 0 Å². The van der Waals surface area contributed by atoms with Gasteiger partial charge in [0.25, 0.3) is 0 Å². The van der Waals surface area contributed by atoms with Crippen molar-refractivity contribution < 1.29 is 0 Å². The van der Waals surface area contributed by atoms with E-state index < -0.39 is 0 Å². The Morgan fingerprint density at radius 3 is 2.86 bits per heavy atom. The van der Waals surface area contributed by atoms with Crippen LogP contribution in [0.3, 0.4) is 0 Å². The Balaban J connectivity index is 1.75. The third-order valence-electron chi connectivity index (χ3n) is 4.10. The molecule has 2 heterocycles. The van der Waals surface area contributed by atoms with Crippen molar-refractivity contribution in [3.63, 3.8) is 0 Å². The van der Waals surface area contributed by atoms with Gasteiger partial charge in [0.1, 0.15) is 0 Å². The van der Waals surface area contributed by atoms with E-state index in [4.69, 9.17) is 0 Å². The van der Waals surface area contributed by atoms with Crippen molar-refractivity contribution in [1.29, 1.82) is 0 Å². The number of nitrogens with zero attached hydrogens (tertiary/aromatic N) is 1. The Labute approximate surface area is 88.1 Å². The summed E-state index contributed by atoms with van der Waals surface area (Å²) in [6.45, 7) is 4.93. The average molecular weight is 196 g/mol. The van der Waals surface area contributed by atoms with Gasteiger partial charge in [-0.3, -0.25) is 0 Å². The molecule has 0 aromatic carbocycles. The molecule has 0 aromatic rings. The summed E-state index contributed by atoms with van der Waals surface area (Å²) < 4.78 is 0. The fraction of sp³-hybridized carbons (Fsp3) is 1.00. The van der Waals surface area contributed by atoms with Gasteiger partial charge < -0.3 is 10.2 Å². The van der Waals surface area contributed by atoms with Crippen LogP contribution < -0.4 is 5.32 Å². The van der Waals surface area contributed by atoms with Crippen molar-refractivity contribution in [2.75, 3.05) is 20.1 Å². The van der Waals surface area contributed by atoms with Gasteiger partial charge >= 0.3 is 0 Å². The Bertz CT molecular complexity index is 175. The average Bonchev–Trinajstić information content (AvgIpc) is 2.64. The number of likely N-dealkylation sites (tertiary alicyclic amines) is 1. The highest BCUT2D eigenvalue weighted by molar-refractivity contribution is 4.82. The highest BCUT2D eigenvalue weighted by atomic mass is 15.1. The fourth-order valence-electron chi connectivity index (χ4n) is 2.96. The van der Waals surface area contributed by atoms with Crippen molar-refractivity contribution in [2.45, 2.75) is 51.1 Å². The molecule has 2 nitrogen and oxygen atoms in total. The van der Waals surface area contributed by atoms with Crippen LogP contribution in [0.1, 0.15) is 39.0 Å².